The number of nitrogens with two attached hydrogens (primary N) is 1. The molecule has 2 saturated carbocycles. The van der Waals surface area contributed by atoms with Gasteiger partial charge in [0.25, 0.3) is 5.95 Å². The summed E-state index contributed by atoms with van der Waals surface area (Å²) in [5.74, 6) is 0.489. The molecule has 3 fully saturated rings. The lowest BCUT2D eigenvalue weighted by atomic mass is 9.63. The summed E-state index contributed by atoms with van der Waals surface area (Å²) in [7, 11) is 0. The quantitative estimate of drug-likeness (QED) is 0.338. The smallest absolute Gasteiger partial charge is 0.252 e. The van der Waals surface area contributed by atoms with Crippen LogP contribution in [0.25, 0.3) is 0 Å². The van der Waals surface area contributed by atoms with Crippen molar-refractivity contribution in [1.29, 1.82) is 0 Å². The summed E-state index contributed by atoms with van der Waals surface area (Å²) < 4.78 is 34.4. The van der Waals surface area contributed by atoms with Gasteiger partial charge in [-0.3, -0.25) is 4.79 Å². The van der Waals surface area contributed by atoms with Crippen molar-refractivity contribution in [2.24, 2.45) is 34.4 Å². The normalized spacial score (nSPS) is 23.1. The van der Waals surface area contributed by atoms with Crippen molar-refractivity contribution in [2.75, 3.05) is 19.7 Å². The molecule has 9 heteroatoms. The highest BCUT2D eigenvalue weighted by atomic mass is 19.1. The van der Waals surface area contributed by atoms with E-state index in [1.54, 1.807) is 18.5 Å². The van der Waals surface area contributed by atoms with Gasteiger partial charge in [-0.05, 0) is 68.8 Å². The number of carbonyl (C=O) groups excluding carboxylic acids is 1. The standard InChI is InChI=1S/C26H31F2N5O2/c27-21-14-19(15-22(28)23(21)24(34)18-2-3-18)35-13-8-16-4-5-20(16)17-6-11-33(12-7-17)25(29)32-26-30-9-1-10-31-26/h1,9-10,14-18,20H,2-8,11-13H2,(H2,29,30,31,32)/t16-,20-/m0/s1. The predicted molar refractivity (Wildman–Crippen MR) is 127 cm³/mol. The molecule has 1 aromatic heterocycles. The maximum absolute atomic E-state index is 14.4. The first kappa shape index (κ1) is 23.6. The fourth-order valence-electron chi connectivity index (χ4n) is 5.40. The van der Waals surface area contributed by atoms with Crippen LogP contribution < -0.4 is 10.5 Å². The molecule has 7 nitrogen and oxygen atoms in total. The monoisotopic (exact) mass is 483 g/mol. The SMILES string of the molecule is N/C(=N\c1ncccn1)N1CCC([C@H]2CC[C@H]2CCOc2cc(F)c(C(=O)C3CC3)c(F)c2)CC1. The van der Waals surface area contributed by atoms with Crippen LogP contribution in [0, 0.1) is 35.3 Å². The summed E-state index contributed by atoms with van der Waals surface area (Å²) in [5, 5.41) is 0. The van der Waals surface area contributed by atoms with Crippen molar-refractivity contribution in [3.63, 3.8) is 0 Å². The van der Waals surface area contributed by atoms with Gasteiger partial charge in [0.05, 0.1) is 12.2 Å². The number of Topliss-reactive ketones (excluding diaryl/α,β-unsaturated/α-hetero) is 1. The average molecular weight is 484 g/mol. The second kappa shape index (κ2) is 10.3. The summed E-state index contributed by atoms with van der Waals surface area (Å²) in [6.45, 7) is 2.12. The molecule has 3 aliphatic rings. The van der Waals surface area contributed by atoms with Crippen LogP contribution in [0.2, 0.25) is 0 Å². The summed E-state index contributed by atoms with van der Waals surface area (Å²) in [6.07, 6.45) is 10.0. The second-order valence-electron chi connectivity index (χ2n) is 9.88. The van der Waals surface area contributed by atoms with E-state index in [1.807, 2.05) is 0 Å². The zero-order valence-corrected chi connectivity index (χ0v) is 19.7. The van der Waals surface area contributed by atoms with Gasteiger partial charge in [0.1, 0.15) is 17.4 Å². The molecule has 2 atom stereocenters. The van der Waals surface area contributed by atoms with Crippen LogP contribution in [0.15, 0.2) is 35.6 Å². The first-order chi connectivity index (χ1) is 17.0. The van der Waals surface area contributed by atoms with Gasteiger partial charge in [-0.2, -0.15) is 4.99 Å². The number of hydrogen-bond acceptors (Lipinski definition) is 5. The van der Waals surface area contributed by atoms with Crippen molar-refractivity contribution < 1.29 is 18.3 Å². The van der Waals surface area contributed by atoms with Gasteiger partial charge >= 0.3 is 0 Å². The Morgan fingerprint density at radius 1 is 1.06 bits per heavy atom. The Bertz CT molecular complexity index is 1060. The molecule has 2 heterocycles. The highest BCUT2D eigenvalue weighted by molar-refractivity contribution is 5.99. The van der Waals surface area contributed by atoms with E-state index >= 15 is 0 Å². The number of benzene rings is 1. The van der Waals surface area contributed by atoms with E-state index in [1.165, 1.54) is 6.42 Å². The van der Waals surface area contributed by atoms with E-state index in [9.17, 15) is 13.6 Å². The van der Waals surface area contributed by atoms with E-state index in [-0.39, 0.29) is 11.7 Å². The fraction of sp³-hybridized carbons (Fsp3) is 0.538. The number of nitrogens with zero attached hydrogens (tertiary/aromatic N) is 4. The number of halogens is 2. The molecule has 1 saturated heterocycles. The van der Waals surface area contributed by atoms with E-state index in [4.69, 9.17) is 10.5 Å². The lowest BCUT2D eigenvalue weighted by Gasteiger charge is -2.45. The molecule has 0 bridgehead atoms. The Balaban J connectivity index is 1.08. The average Bonchev–Trinajstić information content (AvgIpc) is 3.67. The fourth-order valence-corrected chi connectivity index (χ4v) is 5.40. The first-order valence-corrected chi connectivity index (χ1v) is 12.5. The number of ether oxygens (including phenoxy) is 1. The van der Waals surface area contributed by atoms with Crippen molar-refractivity contribution in [3.05, 3.63) is 47.8 Å². The lowest BCUT2D eigenvalue weighted by molar-refractivity contribution is 0.0533. The lowest BCUT2D eigenvalue weighted by Crippen LogP contribution is -2.46. The second-order valence-corrected chi connectivity index (χ2v) is 9.88. The van der Waals surface area contributed by atoms with Gasteiger partial charge in [0.2, 0.25) is 0 Å². The van der Waals surface area contributed by atoms with E-state index in [0.29, 0.717) is 49.1 Å². The number of aromatic nitrogens is 2. The van der Waals surface area contributed by atoms with Crippen LogP contribution in [0.1, 0.15) is 55.3 Å². The van der Waals surface area contributed by atoms with Crippen LogP contribution in [0.5, 0.6) is 5.75 Å². The Morgan fingerprint density at radius 2 is 1.74 bits per heavy atom. The Kier molecular flexibility index (Phi) is 6.92. The zero-order chi connectivity index (χ0) is 24.4. The summed E-state index contributed by atoms with van der Waals surface area (Å²) >= 11 is 0. The minimum absolute atomic E-state index is 0.147. The number of likely N-dealkylation sites (tertiary alicyclic amines) is 1. The molecule has 2 aliphatic carbocycles. The molecule has 1 aliphatic heterocycles. The Labute approximate surface area is 203 Å². The molecular formula is C26H31F2N5O2. The predicted octanol–water partition coefficient (Wildman–Crippen LogP) is 4.50. The van der Waals surface area contributed by atoms with Crippen molar-refractivity contribution in [3.8, 4) is 5.75 Å². The number of guanidine groups is 1. The van der Waals surface area contributed by atoms with Gasteiger partial charge < -0.3 is 15.4 Å². The third-order valence-corrected chi connectivity index (χ3v) is 7.68. The topological polar surface area (TPSA) is 93.7 Å². The number of aliphatic imine (C=N–C) groups is 1. The molecule has 2 N–H and O–H groups in total. The third-order valence-electron chi connectivity index (χ3n) is 7.68. The number of piperidine rings is 1. The largest absolute Gasteiger partial charge is 0.493 e. The van der Waals surface area contributed by atoms with E-state index in [0.717, 1.165) is 50.9 Å². The maximum Gasteiger partial charge on any atom is 0.252 e. The van der Waals surface area contributed by atoms with Crippen molar-refractivity contribution in [1.82, 2.24) is 14.9 Å². The van der Waals surface area contributed by atoms with Crippen LogP contribution in [0.4, 0.5) is 14.7 Å². The van der Waals surface area contributed by atoms with Gasteiger partial charge in [-0.25, -0.2) is 18.7 Å². The third kappa shape index (κ3) is 5.44. The Hall–Kier alpha value is -3.10. The number of ketones is 1. The van der Waals surface area contributed by atoms with Crippen molar-refractivity contribution >= 4 is 17.7 Å². The summed E-state index contributed by atoms with van der Waals surface area (Å²) in [4.78, 5) is 26.7. The highest BCUT2D eigenvalue weighted by Gasteiger charge is 2.38. The summed E-state index contributed by atoms with van der Waals surface area (Å²) in [6, 6.07) is 4.02. The van der Waals surface area contributed by atoms with Gasteiger partial charge in [-0.15, -0.1) is 0 Å². The molecule has 5 rings (SSSR count). The van der Waals surface area contributed by atoms with Crippen molar-refractivity contribution in [2.45, 2.75) is 44.9 Å². The minimum atomic E-state index is -0.827. The maximum atomic E-state index is 14.4. The highest BCUT2D eigenvalue weighted by Crippen LogP contribution is 2.45. The van der Waals surface area contributed by atoms with Crippen LogP contribution in [-0.4, -0.2) is 46.3 Å². The Morgan fingerprint density at radius 3 is 2.34 bits per heavy atom. The molecule has 35 heavy (non-hydrogen) atoms. The first-order valence-electron chi connectivity index (χ1n) is 12.5. The molecule has 0 radical (unpaired) electrons. The molecular weight excluding hydrogens is 452 g/mol. The number of rotatable bonds is 8. The van der Waals surface area contributed by atoms with E-state index in [2.05, 4.69) is 19.9 Å². The van der Waals surface area contributed by atoms with Gasteiger partial charge in [-0.1, -0.05) is 0 Å². The van der Waals surface area contributed by atoms with Crippen LogP contribution >= 0.6 is 0 Å². The molecule has 0 spiro atoms. The van der Waals surface area contributed by atoms with Gasteiger partial charge in [0.15, 0.2) is 11.7 Å². The molecule has 1 aromatic carbocycles. The molecule has 0 unspecified atom stereocenters. The van der Waals surface area contributed by atoms with Crippen LogP contribution in [0.3, 0.4) is 0 Å². The van der Waals surface area contributed by atoms with E-state index < -0.39 is 23.0 Å². The molecule has 186 valence electrons. The van der Waals surface area contributed by atoms with Gasteiger partial charge in [0, 0.05) is 43.5 Å². The zero-order valence-electron chi connectivity index (χ0n) is 19.7. The molecule has 2 aromatic rings. The minimum Gasteiger partial charge on any atom is -0.493 e. The number of carbonyl (C=O) groups is 1. The van der Waals surface area contributed by atoms with Crippen LogP contribution in [-0.2, 0) is 0 Å². The summed E-state index contributed by atoms with van der Waals surface area (Å²) in [5.41, 5.74) is 5.75. The number of hydrogen-bond donors (Lipinski definition) is 1. The molecule has 0 amide bonds.